The molecule has 0 radical (unpaired) electrons. The van der Waals surface area contributed by atoms with Gasteiger partial charge in [0.25, 0.3) is 0 Å². The van der Waals surface area contributed by atoms with E-state index in [-0.39, 0.29) is 6.03 Å². The Kier molecular flexibility index (Phi) is 4.97. The number of hydrogen-bond donors (Lipinski definition) is 1. The molecule has 5 heteroatoms. The molecule has 108 valence electrons. The molecule has 1 saturated heterocycles. The van der Waals surface area contributed by atoms with E-state index in [1.165, 1.54) is 4.90 Å². The van der Waals surface area contributed by atoms with Crippen LogP contribution in [0.3, 0.4) is 0 Å². The number of aliphatic carboxylic acids is 1. The Labute approximate surface area is 114 Å². The van der Waals surface area contributed by atoms with Gasteiger partial charge in [0.05, 0.1) is 0 Å². The number of carboxylic acids is 1. The Hall–Kier alpha value is -1.52. The van der Waals surface area contributed by atoms with Crippen molar-refractivity contribution in [1.82, 2.24) is 9.80 Å². The van der Waals surface area contributed by atoms with Crippen molar-refractivity contribution in [1.29, 1.82) is 0 Å². The second-order valence-corrected chi connectivity index (χ2v) is 5.20. The first-order valence-corrected chi connectivity index (χ1v) is 6.83. The van der Waals surface area contributed by atoms with E-state index >= 15 is 0 Å². The van der Waals surface area contributed by atoms with Crippen molar-refractivity contribution in [3.8, 4) is 0 Å². The average Bonchev–Trinajstić information content (AvgIpc) is 2.79. The summed E-state index contributed by atoms with van der Waals surface area (Å²) in [6, 6.07) is -0.188. The Morgan fingerprint density at radius 1 is 1.42 bits per heavy atom. The SMILES string of the molecule is C=C(C)CN(CC)C(=O)N1CCCC1(CC)C(=O)O. The van der Waals surface area contributed by atoms with Gasteiger partial charge < -0.3 is 14.9 Å². The Morgan fingerprint density at radius 3 is 2.47 bits per heavy atom. The van der Waals surface area contributed by atoms with Crippen LogP contribution in [0.25, 0.3) is 0 Å². The van der Waals surface area contributed by atoms with E-state index in [2.05, 4.69) is 6.58 Å². The number of carboxylic acid groups (broad SMARTS) is 1. The van der Waals surface area contributed by atoms with E-state index in [9.17, 15) is 14.7 Å². The molecule has 2 amide bonds. The molecule has 0 aromatic heterocycles. The van der Waals surface area contributed by atoms with Crippen LogP contribution in [0.15, 0.2) is 12.2 Å². The maximum absolute atomic E-state index is 12.5. The van der Waals surface area contributed by atoms with Crippen molar-refractivity contribution < 1.29 is 14.7 Å². The predicted molar refractivity (Wildman–Crippen MR) is 74.1 cm³/mol. The van der Waals surface area contributed by atoms with Crippen LogP contribution in [0, 0.1) is 0 Å². The highest BCUT2D eigenvalue weighted by Gasteiger charge is 2.49. The number of nitrogens with zero attached hydrogens (tertiary/aromatic N) is 2. The largest absolute Gasteiger partial charge is 0.479 e. The summed E-state index contributed by atoms with van der Waals surface area (Å²) in [6.07, 6.45) is 1.73. The zero-order valence-corrected chi connectivity index (χ0v) is 12.1. The highest BCUT2D eigenvalue weighted by atomic mass is 16.4. The summed E-state index contributed by atoms with van der Waals surface area (Å²) in [4.78, 5) is 27.3. The number of carbonyl (C=O) groups excluding carboxylic acids is 1. The van der Waals surface area contributed by atoms with Crippen molar-refractivity contribution in [2.45, 2.75) is 45.6 Å². The van der Waals surface area contributed by atoms with Crippen LogP contribution < -0.4 is 0 Å². The van der Waals surface area contributed by atoms with Gasteiger partial charge in [-0.2, -0.15) is 0 Å². The van der Waals surface area contributed by atoms with Crippen molar-refractivity contribution in [3.05, 3.63) is 12.2 Å². The molecule has 1 N–H and O–H groups in total. The minimum absolute atomic E-state index is 0.188. The molecular formula is C14H24N2O3. The third kappa shape index (κ3) is 2.91. The van der Waals surface area contributed by atoms with Gasteiger partial charge in [0.2, 0.25) is 0 Å². The summed E-state index contributed by atoms with van der Waals surface area (Å²) in [5.41, 5.74) is -0.133. The second-order valence-electron chi connectivity index (χ2n) is 5.20. The lowest BCUT2D eigenvalue weighted by Gasteiger charge is -2.37. The number of hydrogen-bond acceptors (Lipinski definition) is 2. The number of urea groups is 1. The summed E-state index contributed by atoms with van der Waals surface area (Å²) >= 11 is 0. The van der Waals surface area contributed by atoms with Gasteiger partial charge in [-0.3, -0.25) is 0 Å². The van der Waals surface area contributed by atoms with Crippen LogP contribution in [0.2, 0.25) is 0 Å². The highest BCUT2D eigenvalue weighted by Crippen LogP contribution is 2.33. The number of carbonyl (C=O) groups is 2. The molecule has 1 atom stereocenters. The molecule has 0 saturated carbocycles. The van der Waals surface area contributed by atoms with Crippen LogP contribution in [-0.4, -0.2) is 52.1 Å². The number of likely N-dealkylation sites (tertiary alicyclic amines) is 1. The van der Waals surface area contributed by atoms with Crippen LogP contribution in [0.5, 0.6) is 0 Å². The van der Waals surface area contributed by atoms with Crippen LogP contribution in [0.1, 0.15) is 40.0 Å². The van der Waals surface area contributed by atoms with Gasteiger partial charge in [0.1, 0.15) is 5.54 Å². The predicted octanol–water partition coefficient (Wildman–Crippen LogP) is 2.33. The van der Waals surface area contributed by atoms with Gasteiger partial charge in [0.15, 0.2) is 0 Å². The van der Waals surface area contributed by atoms with Crippen LogP contribution >= 0.6 is 0 Å². The first-order chi connectivity index (χ1) is 8.89. The molecule has 0 spiro atoms. The normalized spacial score (nSPS) is 22.4. The molecule has 5 nitrogen and oxygen atoms in total. The van der Waals surface area contributed by atoms with Crippen molar-refractivity contribution in [2.24, 2.45) is 0 Å². The zero-order chi connectivity index (χ0) is 14.6. The first kappa shape index (κ1) is 15.5. The van der Waals surface area contributed by atoms with Crippen LogP contribution in [0.4, 0.5) is 4.79 Å². The number of likely N-dealkylation sites (N-methyl/N-ethyl adjacent to an activating group) is 1. The lowest BCUT2D eigenvalue weighted by molar-refractivity contribution is -0.148. The fourth-order valence-electron chi connectivity index (χ4n) is 2.71. The molecule has 0 aromatic rings. The molecule has 0 bridgehead atoms. The molecule has 1 unspecified atom stereocenters. The van der Waals surface area contributed by atoms with Gasteiger partial charge in [-0.25, -0.2) is 9.59 Å². The van der Waals surface area contributed by atoms with E-state index in [0.717, 1.165) is 12.0 Å². The van der Waals surface area contributed by atoms with Crippen LogP contribution in [-0.2, 0) is 4.79 Å². The third-order valence-electron chi connectivity index (χ3n) is 3.82. The lowest BCUT2D eigenvalue weighted by Crippen LogP contribution is -2.56. The molecule has 1 aliphatic rings. The summed E-state index contributed by atoms with van der Waals surface area (Å²) < 4.78 is 0. The summed E-state index contributed by atoms with van der Waals surface area (Å²) in [5.74, 6) is -0.896. The summed E-state index contributed by atoms with van der Waals surface area (Å²) in [6.45, 7) is 11.0. The molecule has 1 fully saturated rings. The van der Waals surface area contributed by atoms with Gasteiger partial charge in [-0.05, 0) is 33.1 Å². The van der Waals surface area contributed by atoms with Gasteiger partial charge in [-0.1, -0.05) is 19.1 Å². The Balaban J connectivity index is 2.96. The number of rotatable bonds is 5. The topological polar surface area (TPSA) is 60.9 Å². The smallest absolute Gasteiger partial charge is 0.329 e. The van der Waals surface area contributed by atoms with Crippen molar-refractivity contribution in [3.63, 3.8) is 0 Å². The fourth-order valence-corrected chi connectivity index (χ4v) is 2.71. The molecular weight excluding hydrogens is 244 g/mol. The highest BCUT2D eigenvalue weighted by molar-refractivity contribution is 5.87. The monoisotopic (exact) mass is 268 g/mol. The minimum Gasteiger partial charge on any atom is -0.479 e. The molecule has 1 rings (SSSR count). The molecule has 19 heavy (non-hydrogen) atoms. The molecule has 0 aromatic carbocycles. The molecule has 1 aliphatic heterocycles. The Morgan fingerprint density at radius 2 is 2.05 bits per heavy atom. The average molecular weight is 268 g/mol. The lowest BCUT2D eigenvalue weighted by atomic mass is 9.93. The zero-order valence-electron chi connectivity index (χ0n) is 12.1. The van der Waals surface area contributed by atoms with E-state index in [4.69, 9.17) is 0 Å². The minimum atomic E-state index is -1.03. The van der Waals surface area contributed by atoms with Crippen molar-refractivity contribution >= 4 is 12.0 Å². The van der Waals surface area contributed by atoms with E-state index < -0.39 is 11.5 Å². The second kappa shape index (κ2) is 6.08. The molecule has 0 aliphatic carbocycles. The standard InChI is InChI=1S/C14H24N2O3/c1-5-14(12(17)18)8-7-9-16(14)13(19)15(6-2)10-11(3)4/h3,5-10H2,1-2,4H3,(H,17,18). The van der Waals surface area contributed by atoms with Crippen molar-refractivity contribution in [2.75, 3.05) is 19.6 Å². The van der Waals surface area contributed by atoms with E-state index in [0.29, 0.717) is 32.5 Å². The number of amides is 2. The van der Waals surface area contributed by atoms with E-state index in [1.807, 2.05) is 20.8 Å². The maximum Gasteiger partial charge on any atom is 0.329 e. The maximum atomic E-state index is 12.5. The fraction of sp³-hybridized carbons (Fsp3) is 0.714. The summed E-state index contributed by atoms with van der Waals surface area (Å²) in [7, 11) is 0. The van der Waals surface area contributed by atoms with Gasteiger partial charge in [-0.15, -0.1) is 0 Å². The van der Waals surface area contributed by atoms with Gasteiger partial charge >= 0.3 is 12.0 Å². The Bertz CT molecular complexity index is 381. The molecule has 1 heterocycles. The van der Waals surface area contributed by atoms with E-state index in [1.54, 1.807) is 4.90 Å². The summed E-state index contributed by atoms with van der Waals surface area (Å²) in [5, 5.41) is 9.49. The third-order valence-corrected chi connectivity index (χ3v) is 3.82. The van der Waals surface area contributed by atoms with Gasteiger partial charge in [0, 0.05) is 19.6 Å². The first-order valence-electron chi connectivity index (χ1n) is 6.83. The quantitative estimate of drug-likeness (QED) is 0.778.